The van der Waals surface area contributed by atoms with Gasteiger partial charge in [0.2, 0.25) is 10.0 Å². The summed E-state index contributed by atoms with van der Waals surface area (Å²) in [7, 11) is 0.928. The maximum atomic E-state index is 12.1. The normalized spacial score (nSPS) is 11.5. The van der Waals surface area contributed by atoms with Crippen LogP contribution < -0.4 is 0 Å². The van der Waals surface area contributed by atoms with Gasteiger partial charge in [0.15, 0.2) is 0 Å². The summed E-state index contributed by atoms with van der Waals surface area (Å²) in [5.41, 5.74) is 0.357. The van der Waals surface area contributed by atoms with Gasteiger partial charge in [0.25, 0.3) is 5.91 Å². The summed E-state index contributed by atoms with van der Waals surface area (Å²) in [5, 5.41) is 8.57. The monoisotopic (exact) mass is 328 g/mol. The van der Waals surface area contributed by atoms with Crippen molar-refractivity contribution in [3.05, 3.63) is 29.8 Å². The number of carbonyl (C=O) groups excluding carboxylic acids is 1. The van der Waals surface area contributed by atoms with Crippen molar-refractivity contribution in [1.82, 2.24) is 9.21 Å². The zero-order valence-electron chi connectivity index (χ0n) is 12.8. The number of hydrogen-bond acceptors (Lipinski definition) is 4. The van der Waals surface area contributed by atoms with Gasteiger partial charge in [-0.15, -0.1) is 0 Å². The van der Waals surface area contributed by atoms with E-state index in [-0.39, 0.29) is 17.2 Å². The Hall–Kier alpha value is -1.93. The number of sulfonamides is 1. The average Bonchev–Trinajstić information content (AvgIpc) is 2.45. The Bertz CT molecular complexity index is 638. The number of benzene rings is 1. The van der Waals surface area contributed by atoms with E-state index in [9.17, 15) is 18.0 Å². The summed E-state index contributed by atoms with van der Waals surface area (Å²) in [6.07, 6.45) is 0.363. The molecule has 0 atom stereocenters. The summed E-state index contributed by atoms with van der Waals surface area (Å²) in [6, 6.07) is 5.67. The highest BCUT2D eigenvalue weighted by Crippen LogP contribution is 2.15. The van der Waals surface area contributed by atoms with Crippen LogP contribution >= 0.6 is 0 Å². The average molecular weight is 328 g/mol. The van der Waals surface area contributed by atoms with Crippen molar-refractivity contribution in [3.63, 3.8) is 0 Å². The third-order valence-electron chi connectivity index (χ3n) is 3.11. The maximum Gasteiger partial charge on any atom is 0.303 e. The molecule has 7 nitrogen and oxygen atoms in total. The van der Waals surface area contributed by atoms with Gasteiger partial charge >= 0.3 is 5.97 Å². The molecule has 0 saturated carbocycles. The van der Waals surface area contributed by atoms with Crippen molar-refractivity contribution in [2.75, 3.05) is 27.7 Å². The van der Waals surface area contributed by atoms with E-state index in [1.807, 2.05) is 0 Å². The van der Waals surface area contributed by atoms with Crippen LogP contribution in [0.25, 0.3) is 0 Å². The minimum Gasteiger partial charge on any atom is -0.481 e. The Kier molecular flexibility index (Phi) is 6.07. The van der Waals surface area contributed by atoms with Crippen LogP contribution in [0.1, 0.15) is 23.2 Å². The van der Waals surface area contributed by atoms with Crippen LogP contribution in [0.2, 0.25) is 0 Å². The predicted octanol–water partition coefficient (Wildman–Crippen LogP) is 0.874. The molecular formula is C14H20N2O5S. The Balaban J connectivity index is 2.78. The largest absolute Gasteiger partial charge is 0.481 e. The number of aliphatic carboxylic acids is 1. The summed E-state index contributed by atoms with van der Waals surface area (Å²) in [5.74, 6) is -1.18. The van der Waals surface area contributed by atoms with E-state index in [2.05, 4.69) is 0 Å². The zero-order valence-corrected chi connectivity index (χ0v) is 13.6. The van der Waals surface area contributed by atoms with Crippen molar-refractivity contribution in [2.24, 2.45) is 0 Å². The second-order valence-electron chi connectivity index (χ2n) is 5.04. The number of hydrogen-bond donors (Lipinski definition) is 1. The third kappa shape index (κ3) is 4.54. The van der Waals surface area contributed by atoms with E-state index in [0.717, 1.165) is 4.31 Å². The minimum atomic E-state index is -3.52. The lowest BCUT2D eigenvalue weighted by Crippen LogP contribution is -2.28. The summed E-state index contributed by atoms with van der Waals surface area (Å²) >= 11 is 0. The van der Waals surface area contributed by atoms with E-state index in [0.29, 0.717) is 18.5 Å². The van der Waals surface area contributed by atoms with E-state index < -0.39 is 16.0 Å². The van der Waals surface area contributed by atoms with Gasteiger partial charge in [-0.25, -0.2) is 12.7 Å². The second-order valence-corrected chi connectivity index (χ2v) is 7.19. The van der Waals surface area contributed by atoms with Crippen LogP contribution in [-0.4, -0.2) is 62.3 Å². The summed E-state index contributed by atoms with van der Waals surface area (Å²) < 4.78 is 25.0. The molecule has 0 aromatic heterocycles. The second kappa shape index (κ2) is 7.37. The number of carbonyl (C=O) groups is 2. The molecule has 122 valence electrons. The Labute approximate surface area is 130 Å². The molecule has 8 heteroatoms. The molecule has 1 rings (SSSR count). The molecule has 1 aromatic carbocycles. The van der Waals surface area contributed by atoms with E-state index >= 15 is 0 Å². The van der Waals surface area contributed by atoms with Crippen molar-refractivity contribution in [2.45, 2.75) is 17.7 Å². The van der Waals surface area contributed by atoms with Crippen LogP contribution in [0.3, 0.4) is 0 Å². The van der Waals surface area contributed by atoms with Crippen molar-refractivity contribution < 1.29 is 23.1 Å². The van der Waals surface area contributed by atoms with Crippen molar-refractivity contribution in [1.29, 1.82) is 0 Å². The number of carboxylic acids is 1. The first kappa shape index (κ1) is 18.1. The van der Waals surface area contributed by atoms with Gasteiger partial charge in [0.05, 0.1) is 4.90 Å². The molecule has 1 amide bonds. The Morgan fingerprint density at radius 1 is 1.09 bits per heavy atom. The molecule has 0 radical (unpaired) electrons. The lowest BCUT2D eigenvalue weighted by Gasteiger charge is -2.17. The SMILES string of the molecule is CN(CCCC(=O)O)C(=O)c1ccc(S(=O)(=O)N(C)C)cc1. The van der Waals surface area contributed by atoms with Gasteiger partial charge in [-0.3, -0.25) is 9.59 Å². The topological polar surface area (TPSA) is 95.0 Å². The fourth-order valence-corrected chi connectivity index (χ4v) is 2.67. The number of rotatable bonds is 7. The highest BCUT2D eigenvalue weighted by molar-refractivity contribution is 7.89. The molecule has 0 aliphatic heterocycles. The molecule has 0 fully saturated rings. The lowest BCUT2D eigenvalue weighted by molar-refractivity contribution is -0.137. The smallest absolute Gasteiger partial charge is 0.303 e. The van der Waals surface area contributed by atoms with Crippen LogP contribution in [0.5, 0.6) is 0 Å². The van der Waals surface area contributed by atoms with Gasteiger partial charge < -0.3 is 10.0 Å². The van der Waals surface area contributed by atoms with Crippen molar-refractivity contribution in [3.8, 4) is 0 Å². The molecule has 22 heavy (non-hydrogen) atoms. The molecule has 0 unspecified atom stereocenters. The first-order chi connectivity index (χ1) is 10.2. The zero-order chi connectivity index (χ0) is 16.9. The van der Waals surface area contributed by atoms with Crippen LogP contribution in [0.4, 0.5) is 0 Å². The molecule has 1 N–H and O–H groups in total. The summed E-state index contributed by atoms with van der Waals surface area (Å²) in [6.45, 7) is 0.322. The van der Waals surface area contributed by atoms with Crippen LogP contribution in [0, 0.1) is 0 Å². The van der Waals surface area contributed by atoms with E-state index in [4.69, 9.17) is 5.11 Å². The van der Waals surface area contributed by atoms with Gasteiger partial charge in [0.1, 0.15) is 0 Å². The third-order valence-corrected chi connectivity index (χ3v) is 4.94. The Morgan fingerprint density at radius 2 is 1.64 bits per heavy atom. The fraction of sp³-hybridized carbons (Fsp3) is 0.429. The highest BCUT2D eigenvalue weighted by Gasteiger charge is 2.18. The van der Waals surface area contributed by atoms with Crippen LogP contribution in [-0.2, 0) is 14.8 Å². The molecule has 1 aromatic rings. The number of carboxylic acid groups (broad SMARTS) is 1. The Morgan fingerprint density at radius 3 is 2.09 bits per heavy atom. The first-order valence-electron chi connectivity index (χ1n) is 6.66. The molecule has 0 spiro atoms. The van der Waals surface area contributed by atoms with Gasteiger partial charge in [-0.05, 0) is 30.7 Å². The molecule has 0 aliphatic carbocycles. The molecule has 0 heterocycles. The predicted molar refractivity (Wildman–Crippen MR) is 81.1 cm³/mol. The van der Waals surface area contributed by atoms with Gasteiger partial charge in [-0.1, -0.05) is 0 Å². The number of nitrogens with zero attached hydrogens (tertiary/aromatic N) is 2. The van der Waals surface area contributed by atoms with Crippen molar-refractivity contribution >= 4 is 21.9 Å². The van der Waals surface area contributed by atoms with E-state index in [1.165, 1.54) is 43.3 Å². The first-order valence-corrected chi connectivity index (χ1v) is 8.10. The standard InChI is InChI=1S/C14H20N2O5S/c1-15(2)22(20,21)12-8-6-11(7-9-12)14(19)16(3)10-4-5-13(17)18/h6-9H,4-5,10H2,1-3H3,(H,17,18). The molecule has 0 aliphatic rings. The quantitative estimate of drug-likeness (QED) is 0.801. The summed E-state index contributed by atoms with van der Waals surface area (Å²) in [4.78, 5) is 24.1. The van der Waals surface area contributed by atoms with E-state index in [1.54, 1.807) is 7.05 Å². The highest BCUT2D eigenvalue weighted by atomic mass is 32.2. The molecular weight excluding hydrogens is 308 g/mol. The minimum absolute atomic E-state index is 0.00235. The van der Waals surface area contributed by atoms with Crippen LogP contribution in [0.15, 0.2) is 29.2 Å². The maximum absolute atomic E-state index is 12.1. The van der Waals surface area contributed by atoms with Gasteiger partial charge in [0, 0.05) is 39.7 Å². The van der Waals surface area contributed by atoms with Gasteiger partial charge in [-0.2, -0.15) is 0 Å². The number of amides is 1. The fourth-order valence-electron chi connectivity index (χ4n) is 1.77. The molecule has 0 saturated heterocycles. The molecule has 0 bridgehead atoms. The lowest BCUT2D eigenvalue weighted by atomic mass is 10.2.